The number of rotatable bonds is 2. The van der Waals surface area contributed by atoms with Gasteiger partial charge in [-0.15, -0.1) is 0 Å². The van der Waals surface area contributed by atoms with E-state index in [1.165, 1.54) is 56.2 Å². The number of ether oxygens (including phenoxy) is 1. The van der Waals surface area contributed by atoms with Crippen LogP contribution < -0.4 is 4.90 Å². The summed E-state index contributed by atoms with van der Waals surface area (Å²) in [7, 11) is 4.20. The summed E-state index contributed by atoms with van der Waals surface area (Å²) in [5.74, 6) is 1.33. The summed E-state index contributed by atoms with van der Waals surface area (Å²) >= 11 is 0. The number of allylic oxidation sites excluding steroid dienone is 1. The van der Waals surface area contributed by atoms with Gasteiger partial charge in [-0.2, -0.15) is 0 Å². The van der Waals surface area contributed by atoms with E-state index >= 15 is 0 Å². The maximum Gasteiger partial charge on any atom is 0.0894 e. The number of anilines is 1. The molecule has 1 aliphatic heterocycles. The van der Waals surface area contributed by atoms with Crippen molar-refractivity contribution in [2.75, 3.05) is 19.0 Å². The SMILES string of the molecule is CN(C)c1ccc([C@H]2O[C@H]3CCCC[C@@H]3C3=CCCC[C@@H]32)cc1. The van der Waals surface area contributed by atoms with Gasteiger partial charge >= 0.3 is 0 Å². The summed E-state index contributed by atoms with van der Waals surface area (Å²) < 4.78 is 6.69. The summed E-state index contributed by atoms with van der Waals surface area (Å²) in [5.41, 5.74) is 4.38. The molecule has 2 heteroatoms. The van der Waals surface area contributed by atoms with Gasteiger partial charge in [0.15, 0.2) is 0 Å². The van der Waals surface area contributed by atoms with Crippen LogP contribution in [0, 0.1) is 11.8 Å². The first-order chi connectivity index (χ1) is 11.2. The number of hydrogen-bond donors (Lipinski definition) is 0. The van der Waals surface area contributed by atoms with E-state index in [0.717, 1.165) is 0 Å². The minimum absolute atomic E-state index is 0.275. The molecule has 0 unspecified atom stereocenters. The largest absolute Gasteiger partial charge is 0.378 e. The van der Waals surface area contributed by atoms with Gasteiger partial charge in [-0.25, -0.2) is 0 Å². The van der Waals surface area contributed by atoms with Crippen molar-refractivity contribution in [3.8, 4) is 0 Å². The van der Waals surface area contributed by atoms with Crippen LogP contribution in [-0.2, 0) is 4.74 Å². The monoisotopic (exact) mass is 311 g/mol. The first-order valence-electron chi connectivity index (χ1n) is 9.37. The smallest absolute Gasteiger partial charge is 0.0894 e. The first-order valence-corrected chi connectivity index (χ1v) is 9.37. The van der Waals surface area contributed by atoms with E-state index in [9.17, 15) is 0 Å². The topological polar surface area (TPSA) is 12.5 Å². The zero-order valence-electron chi connectivity index (χ0n) is 14.5. The summed E-state index contributed by atoms with van der Waals surface area (Å²) in [5, 5.41) is 0. The molecule has 0 bridgehead atoms. The number of nitrogens with zero attached hydrogens (tertiary/aromatic N) is 1. The highest BCUT2D eigenvalue weighted by Crippen LogP contribution is 2.51. The van der Waals surface area contributed by atoms with E-state index in [2.05, 4.69) is 49.3 Å². The summed E-state index contributed by atoms with van der Waals surface area (Å²) in [4.78, 5) is 2.16. The van der Waals surface area contributed by atoms with Crippen LogP contribution in [0.4, 0.5) is 5.69 Å². The zero-order chi connectivity index (χ0) is 15.8. The maximum atomic E-state index is 6.69. The Kier molecular flexibility index (Phi) is 4.19. The molecule has 0 aromatic heterocycles. The molecule has 4 rings (SSSR count). The molecule has 1 saturated carbocycles. The number of benzene rings is 1. The van der Waals surface area contributed by atoms with E-state index in [0.29, 0.717) is 17.9 Å². The van der Waals surface area contributed by atoms with Gasteiger partial charge < -0.3 is 9.64 Å². The van der Waals surface area contributed by atoms with Crippen LogP contribution in [0.15, 0.2) is 35.9 Å². The summed E-state index contributed by atoms with van der Waals surface area (Å²) in [6.45, 7) is 0. The van der Waals surface area contributed by atoms with Gasteiger partial charge in [0.2, 0.25) is 0 Å². The van der Waals surface area contributed by atoms with E-state index in [1.807, 2.05) is 0 Å². The predicted molar refractivity (Wildman–Crippen MR) is 95.8 cm³/mol. The van der Waals surface area contributed by atoms with Crippen LogP contribution in [0.2, 0.25) is 0 Å². The fraction of sp³-hybridized carbons (Fsp3) is 0.619. The minimum Gasteiger partial charge on any atom is -0.378 e. The van der Waals surface area contributed by atoms with Crippen molar-refractivity contribution in [3.05, 3.63) is 41.5 Å². The fourth-order valence-corrected chi connectivity index (χ4v) is 4.87. The molecule has 23 heavy (non-hydrogen) atoms. The highest BCUT2D eigenvalue weighted by atomic mass is 16.5. The minimum atomic E-state index is 0.275. The lowest BCUT2D eigenvalue weighted by atomic mass is 9.68. The van der Waals surface area contributed by atoms with Gasteiger partial charge in [0, 0.05) is 31.6 Å². The van der Waals surface area contributed by atoms with Gasteiger partial charge in [0.1, 0.15) is 0 Å². The molecule has 0 amide bonds. The summed E-state index contributed by atoms with van der Waals surface area (Å²) in [6, 6.07) is 9.04. The summed E-state index contributed by atoms with van der Waals surface area (Å²) in [6.07, 6.45) is 12.5. The van der Waals surface area contributed by atoms with Crippen molar-refractivity contribution in [1.82, 2.24) is 0 Å². The number of hydrogen-bond acceptors (Lipinski definition) is 2. The average Bonchev–Trinajstić information content (AvgIpc) is 2.61. The third-order valence-electron chi connectivity index (χ3n) is 6.08. The van der Waals surface area contributed by atoms with Crippen LogP contribution >= 0.6 is 0 Å². The lowest BCUT2D eigenvalue weighted by Crippen LogP contribution is -2.41. The molecule has 4 atom stereocenters. The molecule has 1 aromatic rings. The molecule has 1 saturated heterocycles. The normalized spacial score (nSPS) is 33.4. The molecule has 0 radical (unpaired) electrons. The molecule has 0 N–H and O–H groups in total. The van der Waals surface area contributed by atoms with Crippen molar-refractivity contribution in [2.45, 2.75) is 57.2 Å². The van der Waals surface area contributed by atoms with Crippen LogP contribution in [0.3, 0.4) is 0 Å². The molecule has 0 spiro atoms. The van der Waals surface area contributed by atoms with Crippen molar-refractivity contribution in [2.24, 2.45) is 11.8 Å². The second-order valence-electron chi connectivity index (χ2n) is 7.71. The fourth-order valence-electron chi connectivity index (χ4n) is 4.87. The molecule has 1 heterocycles. The van der Waals surface area contributed by atoms with Gasteiger partial charge in [-0.3, -0.25) is 0 Å². The highest BCUT2D eigenvalue weighted by molar-refractivity contribution is 5.46. The standard InChI is InChI=1S/C21H29NO/c1-22(2)16-13-11-15(12-14-16)21-19-9-4-3-7-17(19)18-8-5-6-10-20(18)23-21/h7,11-14,18-21H,3-6,8-10H2,1-2H3/t18-,19+,20+,21-/m1/s1. The Bertz CT molecular complexity index is 574. The lowest BCUT2D eigenvalue weighted by molar-refractivity contribution is -0.106. The van der Waals surface area contributed by atoms with Crippen LogP contribution in [0.5, 0.6) is 0 Å². The van der Waals surface area contributed by atoms with Gasteiger partial charge in [0.05, 0.1) is 12.2 Å². The molecule has 1 aromatic carbocycles. The first kappa shape index (κ1) is 15.3. The molecule has 3 aliphatic rings. The van der Waals surface area contributed by atoms with Crippen LogP contribution in [0.25, 0.3) is 0 Å². The molecule has 2 fully saturated rings. The molecular formula is C21H29NO. The van der Waals surface area contributed by atoms with E-state index in [4.69, 9.17) is 4.74 Å². The Hall–Kier alpha value is -1.28. The highest BCUT2D eigenvalue weighted by Gasteiger charge is 2.43. The van der Waals surface area contributed by atoms with Crippen molar-refractivity contribution < 1.29 is 4.74 Å². The number of fused-ring (bicyclic) bond motifs is 3. The Morgan fingerprint density at radius 1 is 0.913 bits per heavy atom. The zero-order valence-corrected chi connectivity index (χ0v) is 14.5. The third-order valence-corrected chi connectivity index (χ3v) is 6.08. The average molecular weight is 311 g/mol. The predicted octanol–water partition coefficient (Wildman–Crippen LogP) is 5.11. The van der Waals surface area contributed by atoms with Gasteiger partial charge in [0.25, 0.3) is 0 Å². The second-order valence-corrected chi connectivity index (χ2v) is 7.71. The maximum absolute atomic E-state index is 6.69. The van der Waals surface area contributed by atoms with Crippen molar-refractivity contribution in [1.29, 1.82) is 0 Å². The van der Waals surface area contributed by atoms with Crippen molar-refractivity contribution >= 4 is 5.69 Å². The van der Waals surface area contributed by atoms with Crippen molar-refractivity contribution in [3.63, 3.8) is 0 Å². The third kappa shape index (κ3) is 2.82. The van der Waals surface area contributed by atoms with E-state index < -0.39 is 0 Å². The molecule has 2 aliphatic carbocycles. The van der Waals surface area contributed by atoms with Crippen LogP contribution in [0.1, 0.15) is 56.6 Å². The van der Waals surface area contributed by atoms with E-state index in [-0.39, 0.29) is 6.10 Å². The molecule has 2 nitrogen and oxygen atoms in total. The Morgan fingerprint density at radius 2 is 1.65 bits per heavy atom. The van der Waals surface area contributed by atoms with Gasteiger partial charge in [-0.1, -0.05) is 36.6 Å². The van der Waals surface area contributed by atoms with Gasteiger partial charge in [-0.05, 0) is 49.8 Å². The van der Waals surface area contributed by atoms with Crippen LogP contribution in [-0.4, -0.2) is 20.2 Å². The molecular weight excluding hydrogens is 282 g/mol. The van der Waals surface area contributed by atoms with E-state index in [1.54, 1.807) is 5.57 Å². The lowest BCUT2D eigenvalue weighted by Gasteiger charge is -2.47. The quantitative estimate of drug-likeness (QED) is 0.704. The Balaban J connectivity index is 1.64. The second kappa shape index (κ2) is 6.32. The Morgan fingerprint density at radius 3 is 2.43 bits per heavy atom. The molecule has 124 valence electrons. The Labute approximate surface area is 140 Å².